The minimum Gasteiger partial charge on any atom is -0.481 e. The lowest BCUT2D eigenvalue weighted by molar-refractivity contribution is -0.147. The van der Waals surface area contributed by atoms with E-state index in [9.17, 15) is 20.0 Å². The van der Waals surface area contributed by atoms with E-state index in [4.69, 9.17) is 4.74 Å². The lowest BCUT2D eigenvalue weighted by atomic mass is 9.79. The number of anilines is 1. The monoisotopic (exact) mass is 360 g/mol. The normalized spacial score (nSPS) is 30.4. The lowest BCUT2D eigenvalue weighted by Crippen LogP contribution is -2.40. The van der Waals surface area contributed by atoms with Crippen LogP contribution in [0.25, 0.3) is 0 Å². The molecular formula is C18H20N2O4S. The molecule has 2 fully saturated rings. The van der Waals surface area contributed by atoms with Crippen LogP contribution < -0.4 is 5.32 Å². The van der Waals surface area contributed by atoms with Crippen molar-refractivity contribution in [2.45, 2.75) is 57.2 Å². The Morgan fingerprint density at radius 2 is 1.88 bits per heavy atom. The van der Waals surface area contributed by atoms with Gasteiger partial charge in [0.2, 0.25) is 5.91 Å². The van der Waals surface area contributed by atoms with Crippen LogP contribution in [-0.4, -0.2) is 29.2 Å². The predicted molar refractivity (Wildman–Crippen MR) is 91.4 cm³/mol. The first-order valence-electron chi connectivity index (χ1n) is 8.84. The first kappa shape index (κ1) is 16.6. The van der Waals surface area contributed by atoms with Crippen LogP contribution in [0.5, 0.6) is 0 Å². The van der Waals surface area contributed by atoms with Crippen molar-refractivity contribution >= 4 is 28.2 Å². The predicted octanol–water partition coefficient (Wildman–Crippen LogP) is 2.71. The highest BCUT2D eigenvalue weighted by molar-refractivity contribution is 7.16. The van der Waals surface area contributed by atoms with E-state index in [-0.39, 0.29) is 18.1 Å². The van der Waals surface area contributed by atoms with Crippen LogP contribution in [0.15, 0.2) is 0 Å². The van der Waals surface area contributed by atoms with Gasteiger partial charge in [-0.25, -0.2) is 0 Å². The van der Waals surface area contributed by atoms with Crippen LogP contribution >= 0.6 is 11.3 Å². The molecule has 4 atom stereocenters. The van der Waals surface area contributed by atoms with Crippen molar-refractivity contribution in [1.82, 2.24) is 0 Å². The Hall–Kier alpha value is -1.91. The largest absolute Gasteiger partial charge is 0.481 e. The van der Waals surface area contributed by atoms with E-state index in [2.05, 4.69) is 11.4 Å². The molecule has 7 heteroatoms. The molecule has 1 amide bonds. The van der Waals surface area contributed by atoms with Gasteiger partial charge in [-0.15, -0.1) is 11.3 Å². The summed E-state index contributed by atoms with van der Waals surface area (Å²) in [7, 11) is 0. The first-order chi connectivity index (χ1) is 12.1. The van der Waals surface area contributed by atoms with Crippen molar-refractivity contribution in [3.8, 4) is 6.07 Å². The summed E-state index contributed by atoms with van der Waals surface area (Å²) in [4.78, 5) is 25.6. The molecular weight excluding hydrogens is 340 g/mol. The molecule has 0 radical (unpaired) electrons. The zero-order valence-corrected chi connectivity index (χ0v) is 14.6. The first-order valence-corrected chi connectivity index (χ1v) is 9.65. The lowest BCUT2D eigenvalue weighted by Gasteiger charge is -2.23. The maximum Gasteiger partial charge on any atom is 0.310 e. The van der Waals surface area contributed by atoms with E-state index in [0.717, 1.165) is 44.1 Å². The van der Waals surface area contributed by atoms with E-state index in [1.807, 2.05) is 0 Å². The fraction of sp³-hybridized carbons (Fsp3) is 0.611. The van der Waals surface area contributed by atoms with Gasteiger partial charge in [-0.3, -0.25) is 9.59 Å². The molecule has 3 heterocycles. The Kier molecular flexibility index (Phi) is 4.26. The molecule has 6 nitrogen and oxygen atoms in total. The molecule has 2 bridgehead atoms. The quantitative estimate of drug-likeness (QED) is 0.808. The van der Waals surface area contributed by atoms with Crippen molar-refractivity contribution in [3.63, 3.8) is 0 Å². The van der Waals surface area contributed by atoms with Crippen LogP contribution in [0.2, 0.25) is 0 Å². The maximum atomic E-state index is 12.8. The number of carbonyl (C=O) groups is 2. The van der Waals surface area contributed by atoms with Crippen LogP contribution in [0, 0.1) is 23.2 Å². The van der Waals surface area contributed by atoms with Crippen LogP contribution in [0.4, 0.5) is 5.00 Å². The smallest absolute Gasteiger partial charge is 0.310 e. The van der Waals surface area contributed by atoms with Gasteiger partial charge in [0, 0.05) is 4.88 Å². The van der Waals surface area contributed by atoms with Gasteiger partial charge in [0.1, 0.15) is 11.1 Å². The molecule has 1 aliphatic carbocycles. The van der Waals surface area contributed by atoms with Gasteiger partial charge in [0.05, 0.1) is 29.6 Å². The molecule has 1 aromatic rings. The standard InChI is InChI=1S/C18H20N2O4S/c19-8-10-9-4-2-1-3-5-13(9)25-17(10)20-16(21)14-11-6-7-12(24-11)15(14)18(22)23/h11-12,14-15H,1-7H2,(H,20,21)(H,22,23)/t11-,12+,14-,15-/m0/s1. The summed E-state index contributed by atoms with van der Waals surface area (Å²) in [6.07, 6.45) is 5.87. The summed E-state index contributed by atoms with van der Waals surface area (Å²) < 4.78 is 5.67. The minimum absolute atomic E-state index is 0.325. The summed E-state index contributed by atoms with van der Waals surface area (Å²) in [5.74, 6) is -2.77. The van der Waals surface area contributed by atoms with E-state index in [1.54, 1.807) is 0 Å². The number of carboxylic acid groups (broad SMARTS) is 1. The Labute approximate surface area is 149 Å². The summed E-state index contributed by atoms with van der Waals surface area (Å²) in [6, 6.07) is 2.24. The summed E-state index contributed by atoms with van der Waals surface area (Å²) in [5, 5.41) is 22.5. The minimum atomic E-state index is -0.977. The zero-order valence-electron chi connectivity index (χ0n) is 13.8. The van der Waals surface area contributed by atoms with E-state index in [0.29, 0.717) is 17.0 Å². The summed E-state index contributed by atoms with van der Waals surface area (Å²) >= 11 is 1.47. The molecule has 2 aliphatic heterocycles. The number of hydrogen-bond donors (Lipinski definition) is 2. The number of nitriles is 1. The van der Waals surface area contributed by atoms with Gasteiger partial charge in [0.15, 0.2) is 0 Å². The maximum absolute atomic E-state index is 12.8. The van der Waals surface area contributed by atoms with E-state index >= 15 is 0 Å². The summed E-state index contributed by atoms with van der Waals surface area (Å²) in [6.45, 7) is 0. The highest BCUT2D eigenvalue weighted by atomic mass is 32.1. The number of aryl methyl sites for hydroxylation is 1. The van der Waals surface area contributed by atoms with Gasteiger partial charge >= 0.3 is 5.97 Å². The summed E-state index contributed by atoms with van der Waals surface area (Å²) in [5.41, 5.74) is 1.63. The van der Waals surface area contributed by atoms with Gasteiger partial charge < -0.3 is 15.2 Å². The van der Waals surface area contributed by atoms with Gasteiger partial charge in [-0.05, 0) is 44.1 Å². The Morgan fingerprint density at radius 1 is 1.16 bits per heavy atom. The molecule has 0 unspecified atom stereocenters. The number of ether oxygens (including phenoxy) is 1. The number of rotatable bonds is 3. The number of hydrogen-bond acceptors (Lipinski definition) is 5. The van der Waals surface area contributed by atoms with Crippen LogP contribution in [-0.2, 0) is 27.2 Å². The number of aliphatic carboxylic acids is 1. The van der Waals surface area contributed by atoms with Gasteiger partial charge in [0.25, 0.3) is 0 Å². The molecule has 2 N–H and O–H groups in total. The van der Waals surface area contributed by atoms with Crippen molar-refractivity contribution in [2.75, 3.05) is 5.32 Å². The molecule has 0 saturated carbocycles. The number of fused-ring (bicyclic) bond motifs is 3. The topological polar surface area (TPSA) is 99.4 Å². The third kappa shape index (κ3) is 2.74. The van der Waals surface area contributed by atoms with Crippen LogP contribution in [0.3, 0.4) is 0 Å². The Morgan fingerprint density at radius 3 is 2.60 bits per heavy atom. The Bertz CT molecular complexity index is 766. The van der Waals surface area contributed by atoms with Crippen molar-refractivity contribution < 1.29 is 19.4 Å². The molecule has 25 heavy (non-hydrogen) atoms. The van der Waals surface area contributed by atoms with Crippen molar-refractivity contribution in [3.05, 3.63) is 16.0 Å². The molecule has 3 aliphatic rings. The molecule has 4 rings (SSSR count). The second kappa shape index (κ2) is 6.43. The average Bonchev–Trinajstić information content (AvgIpc) is 3.23. The van der Waals surface area contributed by atoms with Gasteiger partial charge in [-0.2, -0.15) is 5.26 Å². The molecule has 1 aromatic heterocycles. The number of nitrogens with zero attached hydrogens (tertiary/aromatic N) is 1. The number of nitrogens with one attached hydrogen (secondary N) is 1. The molecule has 2 saturated heterocycles. The number of thiophene rings is 1. The third-order valence-corrected chi connectivity index (χ3v) is 6.84. The fourth-order valence-corrected chi connectivity index (χ4v) is 5.71. The number of carboxylic acids is 1. The molecule has 132 valence electrons. The number of carbonyl (C=O) groups excluding carboxylic acids is 1. The average molecular weight is 360 g/mol. The molecule has 0 aromatic carbocycles. The van der Waals surface area contributed by atoms with Gasteiger partial charge in [-0.1, -0.05) is 6.42 Å². The third-order valence-electron chi connectivity index (χ3n) is 5.63. The highest BCUT2D eigenvalue weighted by Gasteiger charge is 2.55. The second-order valence-corrected chi connectivity index (χ2v) is 8.15. The SMILES string of the molecule is N#Cc1c(NC(=O)[C@@H]2[C@@H](C(=O)O)[C@H]3CC[C@@H]2O3)sc2c1CCCCC2. The highest BCUT2D eigenvalue weighted by Crippen LogP contribution is 2.45. The number of amides is 1. The van der Waals surface area contributed by atoms with E-state index < -0.39 is 17.8 Å². The second-order valence-electron chi connectivity index (χ2n) is 7.05. The molecule has 0 spiro atoms. The van der Waals surface area contributed by atoms with E-state index in [1.165, 1.54) is 16.2 Å². The van der Waals surface area contributed by atoms with Crippen molar-refractivity contribution in [1.29, 1.82) is 5.26 Å². The zero-order chi connectivity index (χ0) is 17.6. The van der Waals surface area contributed by atoms with Crippen molar-refractivity contribution in [2.24, 2.45) is 11.8 Å². The Balaban J connectivity index is 1.59. The fourth-order valence-electron chi connectivity index (χ4n) is 4.47. The van der Waals surface area contributed by atoms with Crippen LogP contribution in [0.1, 0.15) is 48.1 Å².